The van der Waals surface area contributed by atoms with Gasteiger partial charge in [0, 0.05) is 17.3 Å². The van der Waals surface area contributed by atoms with Crippen molar-refractivity contribution in [1.82, 2.24) is 0 Å². The molecule has 0 heterocycles. The lowest BCUT2D eigenvalue weighted by Crippen LogP contribution is -2.13. The molecular weight excluding hydrogens is 296 g/mol. The first kappa shape index (κ1) is 14.6. The van der Waals surface area contributed by atoms with Gasteiger partial charge < -0.3 is 4.74 Å². The lowest BCUT2D eigenvalue weighted by molar-refractivity contribution is -0.142. The van der Waals surface area contributed by atoms with Gasteiger partial charge in [-0.1, -0.05) is 58.4 Å². The topological polar surface area (TPSA) is 43.4 Å². The Hall–Kier alpha value is -1.42. The Morgan fingerprint density at radius 2 is 1.89 bits per heavy atom. The van der Waals surface area contributed by atoms with Gasteiger partial charge in [-0.3, -0.25) is 9.59 Å². The van der Waals surface area contributed by atoms with Crippen LogP contribution in [0, 0.1) is 0 Å². The second-order valence-corrected chi connectivity index (χ2v) is 4.26. The maximum Gasteiger partial charge on any atom is 0.306 e. The summed E-state index contributed by atoms with van der Waals surface area (Å²) in [5, 5.41) is 0.772. The number of hydrogen-bond donors (Lipinski definition) is 0. The average molecular weight is 311 g/mol. The smallest absolute Gasteiger partial charge is 0.306 e. The van der Waals surface area contributed by atoms with E-state index in [9.17, 15) is 9.59 Å². The van der Waals surface area contributed by atoms with E-state index < -0.39 is 0 Å². The van der Waals surface area contributed by atoms with E-state index in [2.05, 4.69) is 15.9 Å². The molecule has 0 aliphatic rings. The first-order chi connectivity index (χ1) is 8.74. The summed E-state index contributed by atoms with van der Waals surface area (Å²) in [6.45, 7) is -0.189. The highest BCUT2D eigenvalue weighted by atomic mass is 79.9. The number of ether oxygens (including phenoxy) is 1. The van der Waals surface area contributed by atoms with Crippen LogP contribution in [-0.4, -0.2) is 23.7 Å². The van der Waals surface area contributed by atoms with Crippen molar-refractivity contribution in [3.8, 4) is 0 Å². The summed E-state index contributed by atoms with van der Waals surface area (Å²) in [6.07, 6.45) is 4.74. The zero-order chi connectivity index (χ0) is 13.2. The van der Waals surface area contributed by atoms with E-state index in [1.807, 2.05) is 18.2 Å². The van der Waals surface area contributed by atoms with Crippen molar-refractivity contribution in [3.05, 3.63) is 48.0 Å². The van der Waals surface area contributed by atoms with E-state index in [0.29, 0.717) is 18.4 Å². The van der Waals surface area contributed by atoms with E-state index in [1.165, 1.54) is 0 Å². The van der Waals surface area contributed by atoms with Crippen LogP contribution in [0.5, 0.6) is 0 Å². The molecule has 0 amide bonds. The van der Waals surface area contributed by atoms with Crippen LogP contribution in [0.2, 0.25) is 0 Å². The first-order valence-electron chi connectivity index (χ1n) is 5.69. The van der Waals surface area contributed by atoms with Gasteiger partial charge in [0.1, 0.15) is 0 Å². The minimum Gasteiger partial charge on any atom is -0.457 e. The van der Waals surface area contributed by atoms with Crippen molar-refractivity contribution in [2.45, 2.75) is 12.8 Å². The Balaban J connectivity index is 2.26. The van der Waals surface area contributed by atoms with Crippen LogP contribution in [0.3, 0.4) is 0 Å². The van der Waals surface area contributed by atoms with Crippen LogP contribution in [0.15, 0.2) is 42.5 Å². The first-order valence-corrected chi connectivity index (χ1v) is 6.81. The highest BCUT2D eigenvalue weighted by Crippen LogP contribution is 2.01. The van der Waals surface area contributed by atoms with E-state index in [-0.39, 0.29) is 18.4 Å². The molecule has 3 nitrogen and oxygen atoms in total. The van der Waals surface area contributed by atoms with Gasteiger partial charge in [-0.2, -0.15) is 0 Å². The fraction of sp³-hybridized carbons (Fsp3) is 0.286. The number of ketones is 1. The maximum atomic E-state index is 11.6. The fourth-order valence-electron chi connectivity index (χ4n) is 1.31. The van der Waals surface area contributed by atoms with E-state index in [4.69, 9.17) is 4.74 Å². The van der Waals surface area contributed by atoms with Crippen LogP contribution in [-0.2, 0) is 9.53 Å². The minimum absolute atomic E-state index is 0.181. The van der Waals surface area contributed by atoms with E-state index >= 15 is 0 Å². The molecule has 4 heteroatoms. The number of carbonyl (C=O) groups is 2. The molecule has 0 aromatic heterocycles. The Morgan fingerprint density at radius 3 is 2.56 bits per heavy atom. The molecule has 0 saturated heterocycles. The number of esters is 1. The molecular formula is C14H15BrO3. The maximum absolute atomic E-state index is 11.6. The second-order valence-electron chi connectivity index (χ2n) is 3.61. The number of halogens is 1. The molecule has 0 atom stereocenters. The fourth-order valence-corrected chi connectivity index (χ4v) is 1.57. The second kappa shape index (κ2) is 8.64. The van der Waals surface area contributed by atoms with Crippen LogP contribution in [0.4, 0.5) is 0 Å². The summed E-state index contributed by atoms with van der Waals surface area (Å²) >= 11 is 3.24. The molecule has 0 saturated carbocycles. The lowest BCUT2D eigenvalue weighted by Gasteiger charge is -2.03. The summed E-state index contributed by atoms with van der Waals surface area (Å²) in [5.41, 5.74) is 0.560. The molecule has 1 rings (SSSR count). The Kier molecular flexibility index (Phi) is 7.03. The monoisotopic (exact) mass is 310 g/mol. The molecule has 96 valence electrons. The highest BCUT2D eigenvalue weighted by Gasteiger charge is 2.08. The zero-order valence-corrected chi connectivity index (χ0v) is 11.6. The molecule has 0 unspecified atom stereocenters. The quantitative estimate of drug-likeness (QED) is 0.336. The molecule has 0 aliphatic heterocycles. The molecule has 1 aromatic rings. The van der Waals surface area contributed by atoms with E-state index in [0.717, 1.165) is 5.33 Å². The van der Waals surface area contributed by atoms with Gasteiger partial charge in [0.15, 0.2) is 12.4 Å². The third-order valence-electron chi connectivity index (χ3n) is 2.23. The molecule has 0 bridgehead atoms. The van der Waals surface area contributed by atoms with Crippen LogP contribution >= 0.6 is 15.9 Å². The van der Waals surface area contributed by atoms with Crippen molar-refractivity contribution in [2.75, 3.05) is 11.9 Å². The van der Waals surface area contributed by atoms with Gasteiger partial charge in [0.2, 0.25) is 0 Å². The summed E-state index contributed by atoms with van der Waals surface area (Å²) < 4.78 is 4.90. The number of carbonyl (C=O) groups excluding carboxylic acids is 2. The summed E-state index contributed by atoms with van der Waals surface area (Å²) in [7, 11) is 0. The van der Waals surface area contributed by atoms with Crippen LogP contribution in [0.1, 0.15) is 23.2 Å². The van der Waals surface area contributed by atoms with Crippen molar-refractivity contribution in [2.24, 2.45) is 0 Å². The lowest BCUT2D eigenvalue weighted by atomic mass is 10.1. The Labute approximate surface area is 115 Å². The summed E-state index contributed by atoms with van der Waals surface area (Å²) in [4.78, 5) is 22.9. The zero-order valence-electron chi connectivity index (χ0n) is 9.97. The molecule has 0 spiro atoms. The van der Waals surface area contributed by atoms with Gasteiger partial charge in [-0.15, -0.1) is 0 Å². The summed E-state index contributed by atoms with van der Waals surface area (Å²) in [6, 6.07) is 8.79. The van der Waals surface area contributed by atoms with Gasteiger partial charge in [-0.05, 0) is 6.42 Å². The normalized spacial score (nSPS) is 10.5. The molecule has 0 fully saturated rings. The molecule has 1 aromatic carbocycles. The molecule has 18 heavy (non-hydrogen) atoms. The number of alkyl halides is 1. The van der Waals surface area contributed by atoms with Crippen molar-refractivity contribution in [1.29, 1.82) is 0 Å². The van der Waals surface area contributed by atoms with Crippen molar-refractivity contribution >= 4 is 27.7 Å². The SMILES string of the molecule is O=C(CC/C=C/CBr)OCC(=O)c1ccccc1. The van der Waals surface area contributed by atoms with Crippen molar-refractivity contribution in [3.63, 3.8) is 0 Å². The predicted octanol–water partition coefficient (Wildman–Crippen LogP) is 3.14. The van der Waals surface area contributed by atoms with Crippen LogP contribution < -0.4 is 0 Å². The van der Waals surface area contributed by atoms with Crippen LogP contribution in [0.25, 0.3) is 0 Å². The highest BCUT2D eigenvalue weighted by molar-refractivity contribution is 9.09. The van der Waals surface area contributed by atoms with Gasteiger partial charge in [-0.25, -0.2) is 0 Å². The van der Waals surface area contributed by atoms with Gasteiger partial charge in [0.25, 0.3) is 0 Å². The minimum atomic E-state index is -0.349. The third kappa shape index (κ3) is 5.77. The standard InChI is InChI=1S/C14H15BrO3/c15-10-6-2-5-9-14(17)18-11-13(16)12-7-3-1-4-8-12/h1-4,6-8H,5,9-11H2/b6-2+. The Morgan fingerprint density at radius 1 is 1.17 bits per heavy atom. The van der Waals surface area contributed by atoms with Gasteiger partial charge in [0.05, 0.1) is 0 Å². The number of benzene rings is 1. The number of rotatable bonds is 7. The number of Topliss-reactive ketones (excluding diaryl/α,β-unsaturated/α-hetero) is 1. The number of allylic oxidation sites excluding steroid dienone is 2. The largest absolute Gasteiger partial charge is 0.457 e. The molecule has 0 aliphatic carbocycles. The van der Waals surface area contributed by atoms with E-state index in [1.54, 1.807) is 24.3 Å². The number of hydrogen-bond acceptors (Lipinski definition) is 3. The Bertz CT molecular complexity index is 412. The van der Waals surface area contributed by atoms with Gasteiger partial charge >= 0.3 is 5.97 Å². The average Bonchev–Trinajstić information content (AvgIpc) is 2.42. The predicted molar refractivity (Wildman–Crippen MR) is 73.9 cm³/mol. The molecule has 0 radical (unpaired) electrons. The molecule has 0 N–H and O–H groups in total. The summed E-state index contributed by atoms with van der Waals surface area (Å²) in [5.74, 6) is -0.529. The third-order valence-corrected chi connectivity index (χ3v) is 2.60. The van der Waals surface area contributed by atoms with Crippen molar-refractivity contribution < 1.29 is 14.3 Å².